The smallest absolute Gasteiger partial charge is 0.305 e. The molecule has 1 aliphatic carbocycles. The van der Waals surface area contributed by atoms with Gasteiger partial charge >= 0.3 is 5.97 Å². The summed E-state index contributed by atoms with van der Waals surface area (Å²) in [7, 11) is 1.37. The highest BCUT2D eigenvalue weighted by Crippen LogP contribution is 2.24. The Balaban J connectivity index is 1.54. The van der Waals surface area contributed by atoms with Crippen LogP contribution in [0.5, 0.6) is 0 Å². The quantitative estimate of drug-likeness (QED) is 0.204. The molecule has 0 heterocycles. The number of nitrogens with one attached hydrogen (secondary N) is 2. The molecule has 1 saturated carbocycles. The number of halogens is 1. The van der Waals surface area contributed by atoms with Gasteiger partial charge in [-0.15, -0.1) is 0 Å². The molecule has 0 bridgehead atoms. The summed E-state index contributed by atoms with van der Waals surface area (Å²) in [4.78, 5) is 35.8. The summed E-state index contributed by atoms with van der Waals surface area (Å²) in [5.41, 5.74) is 2.80. The average Bonchev–Trinajstić information content (AvgIpc) is 3.68. The Morgan fingerprint density at radius 2 is 1.66 bits per heavy atom. The Labute approximate surface area is 205 Å². The maximum absolute atomic E-state index is 13.4. The summed E-state index contributed by atoms with van der Waals surface area (Å²) in [6, 6.07) is 13.6. The van der Waals surface area contributed by atoms with Gasteiger partial charge in [0.2, 0.25) is 5.91 Å². The SMILES string of the molecule is COC(=O)CCCCCNC(=O)C=Cc1ccc(/C=C(/C(=O)NC2CC2)c2ccc(F)cc2)cc1. The summed E-state index contributed by atoms with van der Waals surface area (Å²) in [5, 5.41) is 5.81. The van der Waals surface area contributed by atoms with Crippen molar-refractivity contribution in [3.05, 3.63) is 77.1 Å². The molecule has 0 spiro atoms. The van der Waals surface area contributed by atoms with Crippen LogP contribution in [0.15, 0.2) is 54.6 Å². The van der Waals surface area contributed by atoms with Gasteiger partial charge in [0, 0.05) is 30.7 Å². The minimum Gasteiger partial charge on any atom is -0.469 e. The van der Waals surface area contributed by atoms with Gasteiger partial charge in [-0.1, -0.05) is 42.8 Å². The first kappa shape index (κ1) is 25.9. The summed E-state index contributed by atoms with van der Waals surface area (Å²) in [5.74, 6) is -0.927. The van der Waals surface area contributed by atoms with Crippen LogP contribution in [0.1, 0.15) is 55.2 Å². The van der Waals surface area contributed by atoms with E-state index in [1.807, 2.05) is 24.3 Å². The van der Waals surface area contributed by atoms with E-state index < -0.39 is 0 Å². The first-order valence-corrected chi connectivity index (χ1v) is 11.9. The van der Waals surface area contributed by atoms with Crippen molar-refractivity contribution in [3.8, 4) is 0 Å². The van der Waals surface area contributed by atoms with Crippen molar-refractivity contribution >= 4 is 35.5 Å². The highest BCUT2D eigenvalue weighted by Gasteiger charge is 2.25. The van der Waals surface area contributed by atoms with E-state index in [1.54, 1.807) is 24.3 Å². The van der Waals surface area contributed by atoms with Crippen LogP contribution < -0.4 is 10.6 Å². The van der Waals surface area contributed by atoms with E-state index in [4.69, 9.17) is 0 Å². The topological polar surface area (TPSA) is 84.5 Å². The van der Waals surface area contributed by atoms with Crippen LogP contribution in [-0.4, -0.2) is 37.5 Å². The first-order chi connectivity index (χ1) is 16.9. The van der Waals surface area contributed by atoms with Crippen LogP contribution in [0.4, 0.5) is 4.39 Å². The van der Waals surface area contributed by atoms with E-state index in [1.165, 1.54) is 25.3 Å². The molecule has 2 amide bonds. The van der Waals surface area contributed by atoms with Crippen LogP contribution in [0, 0.1) is 5.82 Å². The molecule has 35 heavy (non-hydrogen) atoms. The second-order valence-electron chi connectivity index (χ2n) is 8.49. The lowest BCUT2D eigenvalue weighted by atomic mass is 10.0. The zero-order valence-electron chi connectivity index (χ0n) is 19.9. The third-order valence-corrected chi connectivity index (χ3v) is 5.57. The number of benzene rings is 2. The summed E-state index contributed by atoms with van der Waals surface area (Å²) in [6.07, 6.45) is 9.71. The Hall–Kier alpha value is -3.74. The maximum atomic E-state index is 13.4. The molecule has 0 saturated heterocycles. The molecule has 2 aromatic carbocycles. The Morgan fingerprint density at radius 1 is 0.971 bits per heavy atom. The standard InChI is InChI=1S/C28H31FN2O4/c1-35-27(33)5-3-2-4-18-30-26(32)17-10-20-6-8-21(9-7-20)19-25(28(34)31-24-15-16-24)22-11-13-23(29)14-12-22/h6-14,17,19,24H,2-5,15-16,18H2,1H3,(H,30,32)(H,31,34)/b17-10?,25-19+. The molecule has 2 aromatic rings. The van der Waals surface area contributed by atoms with Crippen LogP contribution in [-0.2, 0) is 19.1 Å². The predicted molar refractivity (Wildman–Crippen MR) is 134 cm³/mol. The molecule has 1 fully saturated rings. The van der Waals surface area contributed by atoms with Crippen molar-refractivity contribution in [1.29, 1.82) is 0 Å². The minimum absolute atomic E-state index is 0.176. The molecule has 6 nitrogen and oxygen atoms in total. The Bertz CT molecular complexity index is 1070. The number of hydrogen-bond donors (Lipinski definition) is 2. The fraction of sp³-hybridized carbons (Fsp3) is 0.321. The predicted octanol–water partition coefficient (Wildman–Crippen LogP) is 4.51. The average molecular weight is 479 g/mol. The molecule has 0 aliphatic heterocycles. The highest BCUT2D eigenvalue weighted by molar-refractivity contribution is 6.24. The van der Waals surface area contributed by atoms with Crippen molar-refractivity contribution in [3.63, 3.8) is 0 Å². The molecule has 1 aliphatic rings. The van der Waals surface area contributed by atoms with Gasteiger partial charge < -0.3 is 15.4 Å². The Kier molecular flexibility index (Phi) is 9.78. The molecular weight excluding hydrogens is 447 g/mol. The molecular formula is C28H31FN2O4. The first-order valence-electron chi connectivity index (χ1n) is 11.9. The third-order valence-electron chi connectivity index (χ3n) is 5.57. The molecule has 0 aromatic heterocycles. The lowest BCUT2D eigenvalue weighted by molar-refractivity contribution is -0.140. The molecule has 184 valence electrons. The number of rotatable bonds is 12. The number of hydrogen-bond acceptors (Lipinski definition) is 4. The van der Waals surface area contributed by atoms with Crippen LogP contribution in [0.3, 0.4) is 0 Å². The van der Waals surface area contributed by atoms with E-state index in [0.717, 1.165) is 43.2 Å². The number of amides is 2. The fourth-order valence-corrected chi connectivity index (χ4v) is 3.39. The van der Waals surface area contributed by atoms with Crippen molar-refractivity contribution < 1.29 is 23.5 Å². The van der Waals surface area contributed by atoms with Gasteiger partial charge in [0.05, 0.1) is 7.11 Å². The fourth-order valence-electron chi connectivity index (χ4n) is 3.39. The Morgan fingerprint density at radius 3 is 2.31 bits per heavy atom. The van der Waals surface area contributed by atoms with Crippen molar-refractivity contribution in [2.75, 3.05) is 13.7 Å². The van der Waals surface area contributed by atoms with Gasteiger partial charge in [-0.2, -0.15) is 0 Å². The number of esters is 1. The van der Waals surface area contributed by atoms with Crippen LogP contribution >= 0.6 is 0 Å². The molecule has 2 N–H and O–H groups in total. The highest BCUT2D eigenvalue weighted by atomic mass is 19.1. The van der Waals surface area contributed by atoms with E-state index in [0.29, 0.717) is 24.1 Å². The van der Waals surface area contributed by atoms with Crippen molar-refractivity contribution in [2.24, 2.45) is 0 Å². The van der Waals surface area contributed by atoms with Crippen molar-refractivity contribution in [2.45, 2.75) is 44.6 Å². The molecule has 7 heteroatoms. The molecule has 3 rings (SSSR count). The number of unbranched alkanes of at least 4 members (excludes halogenated alkanes) is 2. The monoisotopic (exact) mass is 478 g/mol. The number of ether oxygens (including phenoxy) is 1. The molecule has 0 unspecified atom stereocenters. The van der Waals surface area contributed by atoms with Crippen molar-refractivity contribution in [1.82, 2.24) is 10.6 Å². The van der Waals surface area contributed by atoms with Gasteiger partial charge in [-0.25, -0.2) is 4.39 Å². The van der Waals surface area contributed by atoms with Crippen LogP contribution in [0.2, 0.25) is 0 Å². The van der Waals surface area contributed by atoms with Gasteiger partial charge in [0.15, 0.2) is 0 Å². The second-order valence-corrected chi connectivity index (χ2v) is 8.49. The summed E-state index contributed by atoms with van der Waals surface area (Å²) < 4.78 is 18.0. The van der Waals surface area contributed by atoms with Crippen LogP contribution in [0.25, 0.3) is 17.7 Å². The lowest BCUT2D eigenvalue weighted by Crippen LogP contribution is -2.26. The lowest BCUT2D eigenvalue weighted by Gasteiger charge is -2.09. The normalized spacial score (nSPS) is 13.5. The molecule has 0 radical (unpaired) electrons. The second kappa shape index (κ2) is 13.2. The number of carbonyl (C=O) groups is 3. The van der Waals surface area contributed by atoms with E-state index >= 15 is 0 Å². The van der Waals surface area contributed by atoms with Gasteiger partial charge in [-0.3, -0.25) is 14.4 Å². The zero-order chi connectivity index (χ0) is 25.0. The van der Waals surface area contributed by atoms with Gasteiger partial charge in [0.1, 0.15) is 5.82 Å². The van der Waals surface area contributed by atoms with Gasteiger partial charge in [-0.05, 0) is 66.7 Å². The summed E-state index contributed by atoms with van der Waals surface area (Å²) >= 11 is 0. The van der Waals surface area contributed by atoms with E-state index in [-0.39, 0.29) is 29.6 Å². The molecule has 0 atom stereocenters. The van der Waals surface area contributed by atoms with E-state index in [2.05, 4.69) is 15.4 Å². The maximum Gasteiger partial charge on any atom is 0.305 e. The largest absolute Gasteiger partial charge is 0.469 e. The minimum atomic E-state index is -0.352. The van der Waals surface area contributed by atoms with E-state index in [9.17, 15) is 18.8 Å². The zero-order valence-corrected chi connectivity index (χ0v) is 19.9. The third kappa shape index (κ3) is 9.20. The number of carbonyl (C=O) groups excluding carboxylic acids is 3. The van der Waals surface area contributed by atoms with Gasteiger partial charge in [0.25, 0.3) is 5.91 Å². The number of methoxy groups -OCH3 is 1. The summed E-state index contributed by atoms with van der Waals surface area (Å²) in [6.45, 7) is 0.545.